The van der Waals surface area contributed by atoms with Crippen molar-refractivity contribution in [3.63, 3.8) is 0 Å². The number of rotatable bonds is 5. The number of nitrogens with zero attached hydrogens (tertiary/aromatic N) is 2. The highest BCUT2D eigenvalue weighted by atomic mass is 32.1. The fourth-order valence-corrected chi connectivity index (χ4v) is 2.87. The fourth-order valence-electron chi connectivity index (χ4n) is 2.16. The van der Waals surface area contributed by atoms with Crippen LogP contribution in [0.2, 0.25) is 0 Å². The first-order valence-electron chi connectivity index (χ1n) is 6.93. The lowest BCUT2D eigenvalue weighted by Gasteiger charge is -2.33. The van der Waals surface area contributed by atoms with Gasteiger partial charge in [0, 0.05) is 25.0 Å². The molecule has 1 aliphatic heterocycles. The predicted octanol–water partition coefficient (Wildman–Crippen LogP) is 0.227. The van der Waals surface area contributed by atoms with Crippen molar-refractivity contribution in [2.45, 2.75) is 19.9 Å². The van der Waals surface area contributed by atoms with Gasteiger partial charge in [0.05, 0.1) is 18.8 Å². The molecule has 21 heavy (non-hydrogen) atoms. The number of esters is 1. The lowest BCUT2D eigenvalue weighted by molar-refractivity contribution is -0.150. The fraction of sp³-hybridized carbons (Fsp3) is 0.615. The number of ether oxygens (including phenoxy) is 1. The maximum Gasteiger partial charge on any atom is 0.324 e. The number of piperazine rings is 1. The van der Waals surface area contributed by atoms with Crippen LogP contribution in [0.15, 0.2) is 5.38 Å². The molecule has 1 aliphatic rings. The van der Waals surface area contributed by atoms with E-state index in [1.54, 1.807) is 6.92 Å². The average molecular weight is 312 g/mol. The molecule has 0 spiro atoms. The molecule has 1 aromatic heterocycles. The van der Waals surface area contributed by atoms with Crippen LogP contribution in [0, 0.1) is 6.92 Å². The molecule has 2 heterocycles. The monoisotopic (exact) mass is 312 g/mol. The maximum absolute atomic E-state index is 12.1. The van der Waals surface area contributed by atoms with E-state index in [0.29, 0.717) is 24.8 Å². The lowest BCUT2D eigenvalue weighted by Crippen LogP contribution is -2.57. The number of carbonyl (C=O) groups excluding carboxylic acids is 2. The Kier molecular flexibility index (Phi) is 5.66. The van der Waals surface area contributed by atoms with Crippen LogP contribution in [-0.4, -0.2) is 60.6 Å². The predicted molar refractivity (Wildman–Crippen MR) is 80.3 cm³/mol. The summed E-state index contributed by atoms with van der Waals surface area (Å²) >= 11 is 1.39. The van der Waals surface area contributed by atoms with Crippen molar-refractivity contribution in [3.8, 4) is 0 Å². The van der Waals surface area contributed by atoms with Crippen LogP contribution in [0.25, 0.3) is 0 Å². The van der Waals surface area contributed by atoms with Crippen LogP contribution in [-0.2, 0) is 14.3 Å². The largest absolute Gasteiger partial charge is 0.465 e. The van der Waals surface area contributed by atoms with Gasteiger partial charge in [0.15, 0.2) is 5.13 Å². The molecule has 0 saturated carbocycles. The summed E-state index contributed by atoms with van der Waals surface area (Å²) in [7, 11) is 0. The molecule has 116 valence electrons. The third kappa shape index (κ3) is 4.48. The number of nitrogens with one attached hydrogen (secondary N) is 2. The summed E-state index contributed by atoms with van der Waals surface area (Å²) in [6.45, 7) is 6.03. The second-order valence-electron chi connectivity index (χ2n) is 4.78. The Morgan fingerprint density at radius 3 is 3.10 bits per heavy atom. The van der Waals surface area contributed by atoms with E-state index in [1.807, 2.05) is 17.2 Å². The van der Waals surface area contributed by atoms with Gasteiger partial charge in [-0.2, -0.15) is 0 Å². The highest BCUT2D eigenvalue weighted by molar-refractivity contribution is 7.13. The normalized spacial score (nSPS) is 19.2. The topological polar surface area (TPSA) is 83.6 Å². The van der Waals surface area contributed by atoms with Crippen molar-refractivity contribution in [2.75, 3.05) is 38.1 Å². The summed E-state index contributed by atoms with van der Waals surface area (Å²) < 4.78 is 5.05. The first-order valence-corrected chi connectivity index (χ1v) is 7.81. The average Bonchev–Trinajstić information content (AvgIpc) is 2.84. The molecular formula is C13H20N4O3S. The van der Waals surface area contributed by atoms with Gasteiger partial charge in [-0.15, -0.1) is 11.3 Å². The summed E-state index contributed by atoms with van der Waals surface area (Å²) in [6, 6.07) is -0.414. The molecule has 1 fully saturated rings. The number of hydrogen-bond donors (Lipinski definition) is 2. The van der Waals surface area contributed by atoms with Gasteiger partial charge in [-0.25, -0.2) is 4.98 Å². The molecule has 2 rings (SSSR count). The van der Waals surface area contributed by atoms with Crippen LogP contribution in [0.3, 0.4) is 0 Å². The van der Waals surface area contributed by atoms with Crippen LogP contribution in [0.5, 0.6) is 0 Å². The standard InChI is InChI=1S/C13H20N4O3S/c1-3-20-12(19)10-6-14-4-5-17(10)7-11(18)16-13-15-9(2)8-21-13/h8,10,14H,3-7H2,1-2H3,(H,15,16,18). The second-order valence-corrected chi connectivity index (χ2v) is 5.64. The molecule has 1 saturated heterocycles. The molecule has 0 bridgehead atoms. The smallest absolute Gasteiger partial charge is 0.324 e. The molecule has 1 atom stereocenters. The second kappa shape index (κ2) is 7.48. The van der Waals surface area contributed by atoms with E-state index < -0.39 is 6.04 Å². The Hall–Kier alpha value is -1.51. The zero-order chi connectivity index (χ0) is 15.2. The number of hydrogen-bond acceptors (Lipinski definition) is 7. The third-order valence-corrected chi connectivity index (χ3v) is 4.00. The molecule has 7 nitrogen and oxygen atoms in total. The summed E-state index contributed by atoms with van der Waals surface area (Å²) in [6.07, 6.45) is 0. The molecule has 1 unspecified atom stereocenters. The quantitative estimate of drug-likeness (QED) is 0.757. The number of thiazole rings is 1. The molecule has 0 aromatic carbocycles. The number of aromatic nitrogens is 1. The molecule has 8 heteroatoms. The Balaban J connectivity index is 1.92. The van der Waals surface area contributed by atoms with E-state index in [2.05, 4.69) is 15.6 Å². The number of amides is 1. The van der Waals surface area contributed by atoms with Gasteiger partial charge in [-0.3, -0.25) is 14.5 Å². The van der Waals surface area contributed by atoms with E-state index in [0.717, 1.165) is 12.2 Å². The van der Waals surface area contributed by atoms with Crippen molar-refractivity contribution in [2.24, 2.45) is 0 Å². The Morgan fingerprint density at radius 1 is 1.62 bits per heavy atom. The van der Waals surface area contributed by atoms with E-state index >= 15 is 0 Å². The van der Waals surface area contributed by atoms with Crippen LogP contribution in [0.1, 0.15) is 12.6 Å². The third-order valence-electron chi connectivity index (χ3n) is 3.12. The van der Waals surface area contributed by atoms with Crippen molar-refractivity contribution in [3.05, 3.63) is 11.1 Å². The SMILES string of the molecule is CCOC(=O)C1CNCCN1CC(=O)Nc1nc(C)cs1. The minimum Gasteiger partial charge on any atom is -0.465 e. The van der Waals surface area contributed by atoms with E-state index in [1.165, 1.54) is 11.3 Å². The maximum atomic E-state index is 12.1. The zero-order valence-corrected chi connectivity index (χ0v) is 13.0. The Labute approximate surface area is 127 Å². The van der Waals surface area contributed by atoms with Crippen LogP contribution in [0.4, 0.5) is 5.13 Å². The molecule has 1 aromatic rings. The highest BCUT2D eigenvalue weighted by Gasteiger charge is 2.31. The van der Waals surface area contributed by atoms with E-state index in [9.17, 15) is 9.59 Å². The van der Waals surface area contributed by atoms with Gasteiger partial charge in [-0.1, -0.05) is 0 Å². The molecule has 0 aliphatic carbocycles. The first-order chi connectivity index (χ1) is 10.1. The van der Waals surface area contributed by atoms with Crippen LogP contribution < -0.4 is 10.6 Å². The molecule has 0 radical (unpaired) electrons. The van der Waals surface area contributed by atoms with Crippen molar-refractivity contribution < 1.29 is 14.3 Å². The summed E-state index contributed by atoms with van der Waals surface area (Å²) in [4.78, 5) is 30.0. The summed E-state index contributed by atoms with van der Waals surface area (Å²) in [5.41, 5.74) is 0.877. The van der Waals surface area contributed by atoms with Gasteiger partial charge in [-0.05, 0) is 13.8 Å². The summed E-state index contributed by atoms with van der Waals surface area (Å²) in [5.74, 6) is -0.455. The van der Waals surface area contributed by atoms with Gasteiger partial charge >= 0.3 is 5.97 Å². The Bertz CT molecular complexity index is 505. The van der Waals surface area contributed by atoms with Gasteiger partial charge in [0.1, 0.15) is 6.04 Å². The number of aryl methyl sites for hydroxylation is 1. The minimum absolute atomic E-state index is 0.157. The van der Waals surface area contributed by atoms with Gasteiger partial charge < -0.3 is 15.4 Å². The lowest BCUT2D eigenvalue weighted by atomic mass is 10.2. The highest BCUT2D eigenvalue weighted by Crippen LogP contribution is 2.14. The first kappa shape index (κ1) is 15.9. The van der Waals surface area contributed by atoms with E-state index in [-0.39, 0.29) is 18.4 Å². The minimum atomic E-state index is -0.414. The van der Waals surface area contributed by atoms with Crippen molar-refractivity contribution in [1.82, 2.24) is 15.2 Å². The van der Waals surface area contributed by atoms with Crippen molar-refractivity contribution >= 4 is 28.3 Å². The Morgan fingerprint density at radius 2 is 2.43 bits per heavy atom. The molecular weight excluding hydrogens is 292 g/mol. The number of anilines is 1. The molecule has 1 amide bonds. The zero-order valence-electron chi connectivity index (χ0n) is 12.2. The van der Waals surface area contributed by atoms with Crippen LogP contribution >= 0.6 is 11.3 Å². The summed E-state index contributed by atoms with van der Waals surface area (Å²) in [5, 5.41) is 8.36. The van der Waals surface area contributed by atoms with Gasteiger partial charge in [0.2, 0.25) is 5.91 Å². The molecule has 2 N–H and O–H groups in total. The van der Waals surface area contributed by atoms with Gasteiger partial charge in [0.25, 0.3) is 0 Å². The van der Waals surface area contributed by atoms with E-state index in [4.69, 9.17) is 4.74 Å². The van der Waals surface area contributed by atoms with Crippen molar-refractivity contribution in [1.29, 1.82) is 0 Å². The number of carbonyl (C=O) groups is 2.